The van der Waals surface area contributed by atoms with Crippen molar-refractivity contribution < 1.29 is 32.6 Å². The van der Waals surface area contributed by atoms with E-state index in [0.29, 0.717) is 0 Å². The van der Waals surface area contributed by atoms with Crippen molar-refractivity contribution in [3.8, 4) is 11.8 Å². The molecule has 2 aromatic rings. The molecule has 0 spiro atoms. The SMILES string of the molecule is CCOc1ccc(C(=O)O)cc1/C=C(\C#N)C(=O)Nc1cccc(C(F)(F)F)c1. The smallest absolute Gasteiger partial charge is 0.416 e. The summed E-state index contributed by atoms with van der Waals surface area (Å²) in [4.78, 5) is 23.5. The zero-order valence-electron chi connectivity index (χ0n) is 15.1. The number of halogens is 3. The molecular weight excluding hydrogens is 389 g/mol. The fourth-order valence-electron chi connectivity index (χ4n) is 2.36. The lowest BCUT2D eigenvalue weighted by Gasteiger charge is -2.10. The van der Waals surface area contributed by atoms with Gasteiger partial charge in [0.25, 0.3) is 5.91 Å². The summed E-state index contributed by atoms with van der Waals surface area (Å²) in [5.74, 6) is -1.92. The van der Waals surface area contributed by atoms with Gasteiger partial charge in [-0.3, -0.25) is 4.79 Å². The summed E-state index contributed by atoms with van der Waals surface area (Å²) in [5, 5.41) is 20.6. The van der Waals surface area contributed by atoms with E-state index in [-0.39, 0.29) is 29.2 Å². The van der Waals surface area contributed by atoms with E-state index < -0.39 is 29.2 Å². The van der Waals surface area contributed by atoms with Crippen LogP contribution in [-0.4, -0.2) is 23.6 Å². The third kappa shape index (κ3) is 5.59. The molecule has 29 heavy (non-hydrogen) atoms. The lowest BCUT2D eigenvalue weighted by Crippen LogP contribution is -2.14. The van der Waals surface area contributed by atoms with E-state index in [2.05, 4.69) is 5.32 Å². The van der Waals surface area contributed by atoms with Crippen LogP contribution >= 0.6 is 0 Å². The lowest BCUT2D eigenvalue weighted by atomic mass is 10.1. The molecule has 0 saturated heterocycles. The van der Waals surface area contributed by atoms with E-state index in [1.165, 1.54) is 24.3 Å². The van der Waals surface area contributed by atoms with Crippen LogP contribution in [-0.2, 0) is 11.0 Å². The van der Waals surface area contributed by atoms with Crippen LogP contribution in [0.5, 0.6) is 5.75 Å². The highest BCUT2D eigenvalue weighted by molar-refractivity contribution is 6.10. The maximum Gasteiger partial charge on any atom is 0.416 e. The number of anilines is 1. The number of amides is 1. The lowest BCUT2D eigenvalue weighted by molar-refractivity contribution is -0.137. The second kappa shape index (κ2) is 8.93. The topological polar surface area (TPSA) is 99.4 Å². The Morgan fingerprint density at radius 1 is 1.24 bits per heavy atom. The zero-order valence-corrected chi connectivity index (χ0v) is 15.1. The number of alkyl halides is 3. The fourth-order valence-corrected chi connectivity index (χ4v) is 2.36. The Bertz CT molecular complexity index is 1010. The van der Waals surface area contributed by atoms with Crippen molar-refractivity contribution in [1.29, 1.82) is 5.26 Å². The number of nitriles is 1. The third-order valence-electron chi connectivity index (χ3n) is 3.67. The fraction of sp³-hybridized carbons (Fsp3) is 0.150. The average molecular weight is 404 g/mol. The van der Waals surface area contributed by atoms with Crippen LogP contribution in [0.3, 0.4) is 0 Å². The maximum atomic E-state index is 12.8. The van der Waals surface area contributed by atoms with Crippen LogP contribution in [0.15, 0.2) is 48.0 Å². The minimum absolute atomic E-state index is 0.0877. The van der Waals surface area contributed by atoms with E-state index in [1.54, 1.807) is 13.0 Å². The molecule has 0 aromatic heterocycles. The van der Waals surface area contributed by atoms with Crippen molar-refractivity contribution in [1.82, 2.24) is 0 Å². The molecule has 9 heteroatoms. The summed E-state index contributed by atoms with van der Waals surface area (Å²) < 4.78 is 43.8. The number of nitrogens with one attached hydrogen (secondary N) is 1. The van der Waals surface area contributed by atoms with E-state index in [4.69, 9.17) is 9.84 Å². The molecule has 0 aliphatic rings. The van der Waals surface area contributed by atoms with Gasteiger partial charge in [-0.05, 0) is 49.4 Å². The first-order valence-corrected chi connectivity index (χ1v) is 8.26. The first kappa shape index (κ1) is 21.5. The van der Waals surface area contributed by atoms with Crippen molar-refractivity contribution in [3.05, 3.63) is 64.7 Å². The third-order valence-corrected chi connectivity index (χ3v) is 3.67. The first-order valence-electron chi connectivity index (χ1n) is 8.26. The number of hydrogen-bond donors (Lipinski definition) is 2. The predicted octanol–water partition coefficient (Wildman–Crippen LogP) is 4.35. The average Bonchev–Trinajstić information content (AvgIpc) is 2.66. The Morgan fingerprint density at radius 3 is 2.55 bits per heavy atom. The number of rotatable bonds is 6. The molecular formula is C20H15F3N2O4. The summed E-state index contributed by atoms with van der Waals surface area (Å²) in [6.45, 7) is 1.95. The Hall–Kier alpha value is -3.80. The summed E-state index contributed by atoms with van der Waals surface area (Å²) in [7, 11) is 0. The molecule has 2 aromatic carbocycles. The van der Waals surface area contributed by atoms with Gasteiger partial charge in [0, 0.05) is 11.3 Å². The zero-order chi connectivity index (χ0) is 21.6. The minimum atomic E-state index is -4.59. The largest absolute Gasteiger partial charge is 0.493 e. The van der Waals surface area contributed by atoms with Crippen LogP contribution in [0.1, 0.15) is 28.4 Å². The number of benzene rings is 2. The summed E-state index contributed by atoms with van der Waals surface area (Å²) in [6.07, 6.45) is -3.47. The quantitative estimate of drug-likeness (QED) is 0.551. The Balaban J connectivity index is 2.37. The number of nitrogens with zero attached hydrogens (tertiary/aromatic N) is 1. The highest BCUT2D eigenvalue weighted by Crippen LogP contribution is 2.31. The molecule has 0 unspecified atom stereocenters. The van der Waals surface area contributed by atoms with Gasteiger partial charge in [0.05, 0.1) is 17.7 Å². The van der Waals surface area contributed by atoms with Crippen LogP contribution in [0.25, 0.3) is 6.08 Å². The van der Waals surface area contributed by atoms with Gasteiger partial charge < -0.3 is 15.2 Å². The van der Waals surface area contributed by atoms with Gasteiger partial charge >= 0.3 is 12.1 Å². The van der Waals surface area contributed by atoms with Gasteiger partial charge in [-0.15, -0.1) is 0 Å². The Morgan fingerprint density at radius 2 is 1.97 bits per heavy atom. The molecule has 0 atom stereocenters. The van der Waals surface area contributed by atoms with Crippen molar-refractivity contribution in [2.75, 3.05) is 11.9 Å². The number of carbonyl (C=O) groups is 2. The Kier molecular flexibility index (Phi) is 6.62. The second-order valence-corrected chi connectivity index (χ2v) is 5.69. The monoisotopic (exact) mass is 404 g/mol. The molecule has 0 bridgehead atoms. The van der Waals surface area contributed by atoms with Crippen LogP contribution < -0.4 is 10.1 Å². The standard InChI is InChI=1S/C20H15F3N2O4/c1-2-29-17-7-6-12(19(27)28)8-13(17)9-14(11-24)18(26)25-16-5-3-4-15(10-16)20(21,22)23/h3-10H,2H2,1H3,(H,25,26)(H,27,28)/b14-9+. The highest BCUT2D eigenvalue weighted by atomic mass is 19.4. The number of ether oxygens (including phenoxy) is 1. The van der Waals surface area contributed by atoms with Gasteiger partial charge in [-0.2, -0.15) is 18.4 Å². The van der Waals surface area contributed by atoms with Crippen molar-refractivity contribution in [2.45, 2.75) is 13.1 Å². The number of carbonyl (C=O) groups excluding carboxylic acids is 1. The molecule has 0 fully saturated rings. The predicted molar refractivity (Wildman–Crippen MR) is 98.2 cm³/mol. The van der Waals surface area contributed by atoms with Gasteiger partial charge in [-0.25, -0.2) is 4.79 Å². The number of carboxylic acids is 1. The summed E-state index contributed by atoms with van der Waals surface area (Å²) in [5.41, 5.74) is -1.45. The van der Waals surface area contributed by atoms with E-state index in [0.717, 1.165) is 24.3 Å². The maximum absolute atomic E-state index is 12.8. The number of carboxylic acid groups (broad SMARTS) is 1. The summed E-state index contributed by atoms with van der Waals surface area (Å²) in [6, 6.07) is 9.53. The summed E-state index contributed by atoms with van der Waals surface area (Å²) >= 11 is 0. The van der Waals surface area contributed by atoms with E-state index in [1.807, 2.05) is 0 Å². The normalized spacial score (nSPS) is 11.5. The first-order chi connectivity index (χ1) is 13.7. The van der Waals surface area contributed by atoms with Gasteiger partial charge in [0.15, 0.2) is 0 Å². The van der Waals surface area contributed by atoms with Crippen LogP contribution in [0.4, 0.5) is 18.9 Å². The molecule has 1 amide bonds. The molecule has 0 heterocycles. The molecule has 150 valence electrons. The highest BCUT2D eigenvalue weighted by Gasteiger charge is 2.30. The second-order valence-electron chi connectivity index (χ2n) is 5.69. The molecule has 0 aliphatic carbocycles. The van der Waals surface area contributed by atoms with Crippen molar-refractivity contribution in [2.24, 2.45) is 0 Å². The molecule has 2 rings (SSSR count). The van der Waals surface area contributed by atoms with Crippen LogP contribution in [0, 0.1) is 11.3 Å². The minimum Gasteiger partial charge on any atom is -0.493 e. The van der Waals surface area contributed by atoms with Gasteiger partial charge in [0.1, 0.15) is 17.4 Å². The molecule has 0 radical (unpaired) electrons. The van der Waals surface area contributed by atoms with Gasteiger partial charge in [0.2, 0.25) is 0 Å². The van der Waals surface area contributed by atoms with Crippen LogP contribution in [0.2, 0.25) is 0 Å². The van der Waals surface area contributed by atoms with Crippen molar-refractivity contribution in [3.63, 3.8) is 0 Å². The molecule has 0 saturated carbocycles. The molecule has 6 nitrogen and oxygen atoms in total. The number of aromatic carboxylic acids is 1. The van der Waals surface area contributed by atoms with E-state index >= 15 is 0 Å². The molecule has 0 aliphatic heterocycles. The van der Waals surface area contributed by atoms with E-state index in [9.17, 15) is 28.0 Å². The Labute approximate surface area is 163 Å². The number of hydrogen-bond acceptors (Lipinski definition) is 4. The van der Waals surface area contributed by atoms with Gasteiger partial charge in [-0.1, -0.05) is 6.07 Å². The van der Waals surface area contributed by atoms with Crippen molar-refractivity contribution >= 4 is 23.6 Å². The molecule has 2 N–H and O–H groups in total.